The molecule has 1 heterocycles. The molecule has 1 saturated carbocycles. The molecule has 0 atom stereocenters. The molecule has 0 aliphatic heterocycles. The largest absolute Gasteiger partial charge is 0.440 e. The van der Waals surface area contributed by atoms with E-state index in [1.807, 2.05) is 13.8 Å². The number of hydrogen-bond acceptors (Lipinski definition) is 3. The minimum atomic E-state index is -4.45. The molecule has 0 saturated heterocycles. The zero-order valence-electron chi connectivity index (χ0n) is 12.6. The van der Waals surface area contributed by atoms with Gasteiger partial charge in [-0.1, -0.05) is 13.8 Å². The lowest BCUT2D eigenvalue weighted by molar-refractivity contribution is -0.136. The van der Waals surface area contributed by atoms with Gasteiger partial charge in [-0.25, -0.2) is 4.98 Å². The minimum Gasteiger partial charge on any atom is -0.440 e. The van der Waals surface area contributed by atoms with E-state index in [0.717, 1.165) is 12.6 Å². The minimum absolute atomic E-state index is 0.0510. The summed E-state index contributed by atoms with van der Waals surface area (Å²) in [5.41, 5.74) is -0.0411. The molecule has 0 bridgehead atoms. The predicted molar refractivity (Wildman–Crippen MR) is 77.5 cm³/mol. The number of rotatable bonds is 5. The third-order valence-electron chi connectivity index (χ3n) is 3.82. The summed E-state index contributed by atoms with van der Waals surface area (Å²) in [6.45, 7) is 4.96. The van der Waals surface area contributed by atoms with E-state index in [1.165, 1.54) is 12.8 Å². The van der Waals surface area contributed by atoms with Gasteiger partial charge in [-0.05, 0) is 43.0 Å². The number of hydrogen-bond donors (Lipinski definition) is 1. The molecule has 22 heavy (non-hydrogen) atoms. The zero-order valence-corrected chi connectivity index (χ0v) is 12.6. The Bertz CT molecular complexity index is 672. The monoisotopic (exact) mass is 312 g/mol. The first kappa shape index (κ1) is 15.3. The number of oxazole rings is 1. The SMILES string of the molecule is CC(C)c1nc2cc(CNCC3CC3)cc(C(F)(F)F)c2o1. The van der Waals surface area contributed by atoms with Gasteiger partial charge in [0.15, 0.2) is 11.5 Å². The van der Waals surface area contributed by atoms with Gasteiger partial charge in [-0.2, -0.15) is 13.2 Å². The summed E-state index contributed by atoms with van der Waals surface area (Å²) in [6, 6.07) is 2.84. The molecule has 1 aliphatic carbocycles. The number of aromatic nitrogens is 1. The van der Waals surface area contributed by atoms with Crippen molar-refractivity contribution in [1.82, 2.24) is 10.3 Å². The Balaban J connectivity index is 1.94. The lowest BCUT2D eigenvalue weighted by atomic mass is 10.1. The van der Waals surface area contributed by atoms with Crippen LogP contribution in [0.5, 0.6) is 0 Å². The molecule has 0 amide bonds. The predicted octanol–water partition coefficient (Wildman–Crippen LogP) is 4.47. The summed E-state index contributed by atoms with van der Waals surface area (Å²) in [5, 5.41) is 3.21. The van der Waals surface area contributed by atoms with E-state index in [9.17, 15) is 13.2 Å². The molecule has 6 heteroatoms. The van der Waals surface area contributed by atoms with Crippen LogP contribution in [0.3, 0.4) is 0 Å². The van der Waals surface area contributed by atoms with Gasteiger partial charge in [0, 0.05) is 12.5 Å². The van der Waals surface area contributed by atoms with Gasteiger partial charge in [-0.3, -0.25) is 0 Å². The van der Waals surface area contributed by atoms with Gasteiger partial charge in [0.2, 0.25) is 0 Å². The topological polar surface area (TPSA) is 38.1 Å². The molecular formula is C16H19F3N2O. The Morgan fingerprint density at radius 3 is 2.64 bits per heavy atom. The van der Waals surface area contributed by atoms with Crippen LogP contribution in [0.4, 0.5) is 13.2 Å². The average molecular weight is 312 g/mol. The average Bonchev–Trinajstić information content (AvgIpc) is 3.13. The van der Waals surface area contributed by atoms with Crippen LogP contribution in [-0.2, 0) is 12.7 Å². The van der Waals surface area contributed by atoms with Crippen molar-refractivity contribution >= 4 is 11.1 Å². The van der Waals surface area contributed by atoms with Crippen LogP contribution in [0, 0.1) is 5.92 Å². The highest BCUT2D eigenvalue weighted by molar-refractivity contribution is 5.78. The van der Waals surface area contributed by atoms with Crippen LogP contribution in [0.2, 0.25) is 0 Å². The third-order valence-corrected chi connectivity index (χ3v) is 3.82. The Kier molecular flexibility index (Phi) is 3.89. The zero-order chi connectivity index (χ0) is 15.9. The second-order valence-corrected chi connectivity index (χ2v) is 6.27. The van der Waals surface area contributed by atoms with Crippen LogP contribution < -0.4 is 5.32 Å². The fourth-order valence-corrected chi connectivity index (χ4v) is 2.41. The van der Waals surface area contributed by atoms with Crippen LogP contribution in [0.15, 0.2) is 16.5 Å². The van der Waals surface area contributed by atoms with E-state index in [1.54, 1.807) is 6.07 Å². The summed E-state index contributed by atoms with van der Waals surface area (Å²) >= 11 is 0. The molecule has 120 valence electrons. The smallest absolute Gasteiger partial charge is 0.420 e. The Morgan fingerprint density at radius 1 is 1.32 bits per heavy atom. The molecule has 0 unspecified atom stereocenters. The number of alkyl halides is 3. The number of benzene rings is 1. The third kappa shape index (κ3) is 3.27. The first-order chi connectivity index (χ1) is 10.3. The maximum absolute atomic E-state index is 13.3. The molecule has 1 aromatic heterocycles. The molecule has 0 spiro atoms. The first-order valence-corrected chi connectivity index (χ1v) is 7.56. The van der Waals surface area contributed by atoms with E-state index < -0.39 is 11.7 Å². The summed E-state index contributed by atoms with van der Waals surface area (Å²) in [4.78, 5) is 4.21. The van der Waals surface area contributed by atoms with Crippen molar-refractivity contribution in [3.63, 3.8) is 0 Å². The van der Waals surface area contributed by atoms with Crippen molar-refractivity contribution in [2.75, 3.05) is 6.54 Å². The van der Waals surface area contributed by atoms with E-state index in [0.29, 0.717) is 23.9 Å². The highest BCUT2D eigenvalue weighted by Crippen LogP contribution is 2.37. The maximum Gasteiger partial charge on any atom is 0.420 e. The Hall–Kier alpha value is -1.56. The van der Waals surface area contributed by atoms with Crippen LogP contribution >= 0.6 is 0 Å². The van der Waals surface area contributed by atoms with E-state index in [4.69, 9.17) is 4.42 Å². The van der Waals surface area contributed by atoms with Crippen molar-refractivity contribution < 1.29 is 17.6 Å². The Labute approximate surface area is 126 Å². The van der Waals surface area contributed by atoms with Crippen molar-refractivity contribution in [3.05, 3.63) is 29.2 Å². The van der Waals surface area contributed by atoms with Gasteiger partial charge in [0.25, 0.3) is 0 Å². The molecule has 2 aromatic rings. The Morgan fingerprint density at radius 2 is 2.05 bits per heavy atom. The molecule has 1 aliphatic rings. The lowest BCUT2D eigenvalue weighted by Gasteiger charge is -2.10. The van der Waals surface area contributed by atoms with E-state index in [2.05, 4.69) is 10.3 Å². The van der Waals surface area contributed by atoms with Crippen LogP contribution in [-0.4, -0.2) is 11.5 Å². The highest BCUT2D eigenvalue weighted by Gasteiger charge is 2.35. The number of nitrogens with one attached hydrogen (secondary N) is 1. The van der Waals surface area contributed by atoms with Gasteiger partial charge >= 0.3 is 6.18 Å². The quantitative estimate of drug-likeness (QED) is 0.885. The molecule has 0 radical (unpaired) electrons. The second kappa shape index (κ2) is 5.57. The lowest BCUT2D eigenvalue weighted by Crippen LogP contribution is -2.17. The number of halogens is 3. The van der Waals surface area contributed by atoms with Gasteiger partial charge in [0.1, 0.15) is 11.1 Å². The van der Waals surface area contributed by atoms with Gasteiger partial charge < -0.3 is 9.73 Å². The van der Waals surface area contributed by atoms with Crippen LogP contribution in [0.1, 0.15) is 49.6 Å². The van der Waals surface area contributed by atoms with Gasteiger partial charge in [0.05, 0.1) is 0 Å². The number of fused-ring (bicyclic) bond motifs is 1. The molecule has 3 nitrogen and oxygen atoms in total. The fourth-order valence-electron chi connectivity index (χ4n) is 2.41. The molecule has 1 aromatic carbocycles. The summed E-state index contributed by atoms with van der Waals surface area (Å²) in [6.07, 6.45) is -2.03. The molecular weight excluding hydrogens is 293 g/mol. The molecule has 1 N–H and O–H groups in total. The molecule has 3 rings (SSSR count). The van der Waals surface area contributed by atoms with Crippen molar-refractivity contribution in [2.24, 2.45) is 5.92 Å². The highest BCUT2D eigenvalue weighted by atomic mass is 19.4. The standard InChI is InChI=1S/C16H19F3N2O/c1-9(2)15-21-13-6-11(8-20-7-10-3-4-10)5-12(14(13)22-15)16(17,18)19/h5-6,9-10,20H,3-4,7-8H2,1-2H3. The molecule has 1 fully saturated rings. The normalized spacial score (nSPS) is 15.9. The summed E-state index contributed by atoms with van der Waals surface area (Å²) < 4.78 is 45.1. The maximum atomic E-state index is 13.3. The van der Waals surface area contributed by atoms with E-state index in [-0.39, 0.29) is 17.0 Å². The van der Waals surface area contributed by atoms with E-state index >= 15 is 0 Å². The number of nitrogens with zero attached hydrogens (tertiary/aromatic N) is 1. The van der Waals surface area contributed by atoms with Crippen LogP contribution in [0.25, 0.3) is 11.1 Å². The van der Waals surface area contributed by atoms with Crippen molar-refractivity contribution in [1.29, 1.82) is 0 Å². The summed E-state index contributed by atoms with van der Waals surface area (Å²) in [5.74, 6) is 0.971. The van der Waals surface area contributed by atoms with Crippen molar-refractivity contribution in [2.45, 2.75) is 45.3 Å². The second-order valence-electron chi connectivity index (χ2n) is 6.27. The summed E-state index contributed by atoms with van der Waals surface area (Å²) in [7, 11) is 0. The van der Waals surface area contributed by atoms with Crippen molar-refractivity contribution in [3.8, 4) is 0 Å². The first-order valence-electron chi connectivity index (χ1n) is 7.56. The van der Waals surface area contributed by atoms with Gasteiger partial charge in [-0.15, -0.1) is 0 Å². The fraction of sp³-hybridized carbons (Fsp3) is 0.562.